The molecule has 1 N–H and O–H groups in total. The van der Waals surface area contributed by atoms with E-state index in [4.69, 9.17) is 4.98 Å². The summed E-state index contributed by atoms with van der Waals surface area (Å²) in [5.74, 6) is 0.935. The number of benzene rings is 2. The average Bonchev–Trinajstić information content (AvgIpc) is 3.00. The normalized spacial score (nSPS) is 12.3. The maximum atomic E-state index is 4.86. The lowest BCUT2D eigenvalue weighted by Crippen LogP contribution is -2.02. The maximum Gasteiger partial charge on any atom is 0.138 e. The summed E-state index contributed by atoms with van der Waals surface area (Å²) in [6, 6.07) is 20.7. The van der Waals surface area contributed by atoms with Crippen molar-refractivity contribution >= 4 is 15.9 Å². The highest BCUT2D eigenvalue weighted by Gasteiger charge is 2.15. The van der Waals surface area contributed by atoms with E-state index >= 15 is 0 Å². The molecule has 0 amide bonds. The Labute approximate surface area is 139 Å². The summed E-state index contributed by atoms with van der Waals surface area (Å²) in [5.41, 5.74) is 4.52. The molecule has 3 heteroatoms. The Bertz CT molecular complexity index is 720. The molecule has 3 rings (SSSR count). The van der Waals surface area contributed by atoms with Gasteiger partial charge in [0, 0.05) is 28.1 Å². The fraction of sp³-hybridized carbons (Fsp3) is 0.211. The molecule has 22 heavy (non-hydrogen) atoms. The van der Waals surface area contributed by atoms with Crippen LogP contribution < -0.4 is 0 Å². The minimum absolute atomic E-state index is 0.457. The van der Waals surface area contributed by atoms with Crippen LogP contribution in [0.5, 0.6) is 0 Å². The molecule has 0 radical (unpaired) electrons. The van der Waals surface area contributed by atoms with Gasteiger partial charge in [-0.05, 0) is 6.42 Å². The summed E-state index contributed by atoms with van der Waals surface area (Å²) in [5, 5.41) is 0. The molecule has 0 aliphatic rings. The first kappa shape index (κ1) is 15.0. The van der Waals surface area contributed by atoms with Crippen molar-refractivity contribution < 1.29 is 0 Å². The highest BCUT2D eigenvalue weighted by Crippen LogP contribution is 2.28. The lowest BCUT2D eigenvalue weighted by molar-refractivity contribution is 0.815. The van der Waals surface area contributed by atoms with Crippen LogP contribution in [-0.4, -0.2) is 14.8 Å². The van der Waals surface area contributed by atoms with Gasteiger partial charge in [-0.3, -0.25) is 0 Å². The highest BCUT2D eigenvalue weighted by atomic mass is 79.9. The molecule has 0 aliphatic heterocycles. The molecule has 0 fully saturated rings. The second kappa shape index (κ2) is 6.93. The third kappa shape index (κ3) is 3.30. The predicted octanol–water partition coefficient (Wildman–Crippen LogP) is 5.46. The standard InChI is InChI=1S/C19H19BrN2/c1-2-16(20)13-17-18(14-9-5-3-6-10-14)22-19(21-17)15-11-7-4-8-12-15/h3-12,16H,2,13H2,1H3,(H,21,22). The summed E-state index contributed by atoms with van der Waals surface area (Å²) < 4.78 is 0. The van der Waals surface area contributed by atoms with E-state index < -0.39 is 0 Å². The SMILES string of the molecule is CCC(Br)Cc1[nH]c(-c2ccccc2)nc1-c1ccccc1. The molecule has 0 spiro atoms. The zero-order valence-electron chi connectivity index (χ0n) is 12.6. The smallest absolute Gasteiger partial charge is 0.138 e. The highest BCUT2D eigenvalue weighted by molar-refractivity contribution is 9.09. The van der Waals surface area contributed by atoms with Crippen molar-refractivity contribution in [1.29, 1.82) is 0 Å². The molecule has 3 aromatic rings. The van der Waals surface area contributed by atoms with Crippen LogP contribution in [0.4, 0.5) is 0 Å². The second-order valence-electron chi connectivity index (χ2n) is 5.35. The van der Waals surface area contributed by atoms with Crippen LogP contribution in [0.2, 0.25) is 0 Å². The molecule has 1 aromatic heterocycles. The van der Waals surface area contributed by atoms with Gasteiger partial charge >= 0.3 is 0 Å². The number of hydrogen-bond acceptors (Lipinski definition) is 1. The van der Waals surface area contributed by atoms with E-state index in [0.29, 0.717) is 4.83 Å². The number of aromatic nitrogens is 2. The zero-order chi connectivity index (χ0) is 15.4. The van der Waals surface area contributed by atoms with Crippen LogP contribution in [0, 0.1) is 0 Å². The zero-order valence-corrected chi connectivity index (χ0v) is 14.2. The second-order valence-corrected chi connectivity index (χ2v) is 6.65. The Morgan fingerprint density at radius 1 is 0.955 bits per heavy atom. The molecular weight excluding hydrogens is 336 g/mol. The van der Waals surface area contributed by atoms with Gasteiger partial charge in [-0.2, -0.15) is 0 Å². The number of halogens is 1. The van der Waals surface area contributed by atoms with E-state index in [-0.39, 0.29) is 0 Å². The van der Waals surface area contributed by atoms with E-state index in [0.717, 1.165) is 35.5 Å². The van der Waals surface area contributed by atoms with E-state index in [1.54, 1.807) is 0 Å². The molecule has 2 nitrogen and oxygen atoms in total. The van der Waals surface area contributed by atoms with Crippen LogP contribution >= 0.6 is 15.9 Å². The summed E-state index contributed by atoms with van der Waals surface area (Å²) in [6.45, 7) is 2.19. The van der Waals surface area contributed by atoms with Gasteiger partial charge in [0.1, 0.15) is 5.82 Å². The Balaban J connectivity index is 2.05. The van der Waals surface area contributed by atoms with Crippen molar-refractivity contribution in [2.24, 2.45) is 0 Å². The van der Waals surface area contributed by atoms with Gasteiger partial charge in [-0.15, -0.1) is 0 Å². The maximum absolute atomic E-state index is 4.86. The summed E-state index contributed by atoms with van der Waals surface area (Å²) >= 11 is 3.74. The predicted molar refractivity (Wildman–Crippen MR) is 96.2 cm³/mol. The molecule has 0 saturated heterocycles. The van der Waals surface area contributed by atoms with Gasteiger partial charge in [0.25, 0.3) is 0 Å². The van der Waals surface area contributed by atoms with Gasteiger partial charge in [0.2, 0.25) is 0 Å². The van der Waals surface area contributed by atoms with Gasteiger partial charge in [-0.1, -0.05) is 83.5 Å². The number of rotatable bonds is 5. The fourth-order valence-electron chi connectivity index (χ4n) is 2.49. The fourth-order valence-corrected chi connectivity index (χ4v) is 2.81. The minimum atomic E-state index is 0.457. The molecule has 0 saturated carbocycles. The molecule has 0 bridgehead atoms. The number of aromatic amines is 1. The van der Waals surface area contributed by atoms with Crippen molar-refractivity contribution in [3.8, 4) is 22.6 Å². The number of imidazole rings is 1. The van der Waals surface area contributed by atoms with Crippen LogP contribution in [0.3, 0.4) is 0 Å². The van der Waals surface area contributed by atoms with Crippen LogP contribution in [0.25, 0.3) is 22.6 Å². The van der Waals surface area contributed by atoms with Crippen molar-refractivity contribution in [3.63, 3.8) is 0 Å². The van der Waals surface area contributed by atoms with Crippen molar-refractivity contribution in [2.45, 2.75) is 24.6 Å². The number of hydrogen-bond donors (Lipinski definition) is 1. The Kier molecular flexibility index (Phi) is 4.74. The first-order valence-corrected chi connectivity index (χ1v) is 8.53. The number of alkyl halides is 1. The van der Waals surface area contributed by atoms with Crippen molar-refractivity contribution in [1.82, 2.24) is 9.97 Å². The molecule has 0 aliphatic carbocycles. The van der Waals surface area contributed by atoms with Gasteiger partial charge in [0.05, 0.1) is 5.69 Å². The van der Waals surface area contributed by atoms with Gasteiger partial charge in [-0.25, -0.2) is 4.98 Å². The van der Waals surface area contributed by atoms with E-state index in [1.807, 2.05) is 24.3 Å². The molecule has 112 valence electrons. The number of H-pyrrole nitrogens is 1. The van der Waals surface area contributed by atoms with E-state index in [1.165, 1.54) is 5.69 Å². The molecule has 2 aromatic carbocycles. The summed E-state index contributed by atoms with van der Waals surface area (Å²) in [4.78, 5) is 8.84. The quantitative estimate of drug-likeness (QED) is 0.605. The summed E-state index contributed by atoms with van der Waals surface area (Å²) in [7, 11) is 0. The van der Waals surface area contributed by atoms with Gasteiger partial charge in [0.15, 0.2) is 0 Å². The largest absolute Gasteiger partial charge is 0.341 e. The number of nitrogens with one attached hydrogen (secondary N) is 1. The van der Waals surface area contributed by atoms with E-state index in [2.05, 4.69) is 64.2 Å². The minimum Gasteiger partial charge on any atom is -0.341 e. The van der Waals surface area contributed by atoms with Crippen LogP contribution in [0.1, 0.15) is 19.0 Å². The topological polar surface area (TPSA) is 28.7 Å². The van der Waals surface area contributed by atoms with E-state index in [9.17, 15) is 0 Å². The molecular formula is C19H19BrN2. The molecule has 1 unspecified atom stereocenters. The van der Waals surface area contributed by atoms with Crippen LogP contribution in [0.15, 0.2) is 60.7 Å². The number of nitrogens with zero attached hydrogens (tertiary/aromatic N) is 1. The first-order valence-electron chi connectivity index (χ1n) is 7.61. The Morgan fingerprint density at radius 2 is 1.55 bits per heavy atom. The molecule has 1 atom stereocenters. The van der Waals surface area contributed by atoms with Crippen LogP contribution in [-0.2, 0) is 6.42 Å². The Hall–Kier alpha value is -1.87. The molecule has 1 heterocycles. The lowest BCUT2D eigenvalue weighted by Gasteiger charge is -2.07. The third-order valence-electron chi connectivity index (χ3n) is 3.74. The van der Waals surface area contributed by atoms with Crippen molar-refractivity contribution in [2.75, 3.05) is 0 Å². The van der Waals surface area contributed by atoms with Gasteiger partial charge < -0.3 is 4.98 Å². The lowest BCUT2D eigenvalue weighted by atomic mass is 10.1. The monoisotopic (exact) mass is 354 g/mol. The third-order valence-corrected chi connectivity index (χ3v) is 4.71. The summed E-state index contributed by atoms with van der Waals surface area (Å²) in [6.07, 6.45) is 2.04. The van der Waals surface area contributed by atoms with Crippen molar-refractivity contribution in [3.05, 3.63) is 66.4 Å². The first-order chi connectivity index (χ1) is 10.8. The Morgan fingerprint density at radius 3 is 2.14 bits per heavy atom. The average molecular weight is 355 g/mol.